The molecule has 0 aliphatic rings. The van der Waals surface area contributed by atoms with Gasteiger partial charge in [0.2, 0.25) is 0 Å². The number of para-hydroxylation sites is 1. The van der Waals surface area contributed by atoms with Gasteiger partial charge < -0.3 is 19.5 Å². The second-order valence-electron chi connectivity index (χ2n) is 5.94. The zero-order valence-corrected chi connectivity index (χ0v) is 15.8. The first-order valence-electron chi connectivity index (χ1n) is 8.57. The van der Waals surface area contributed by atoms with Gasteiger partial charge in [0.15, 0.2) is 18.1 Å². The fourth-order valence-corrected chi connectivity index (χ4v) is 2.53. The van der Waals surface area contributed by atoms with Crippen molar-refractivity contribution in [2.24, 2.45) is 0 Å². The minimum atomic E-state index is -4.61. The fourth-order valence-electron chi connectivity index (χ4n) is 2.53. The summed E-state index contributed by atoms with van der Waals surface area (Å²) in [6.45, 7) is -0.684. The number of carbonyl (C=O) groups excluding carboxylic acids is 2. The van der Waals surface area contributed by atoms with E-state index >= 15 is 0 Å². The van der Waals surface area contributed by atoms with Gasteiger partial charge in [-0.1, -0.05) is 18.2 Å². The topological polar surface area (TPSA) is 73.9 Å². The summed E-state index contributed by atoms with van der Waals surface area (Å²) >= 11 is 0. The van der Waals surface area contributed by atoms with Crippen molar-refractivity contribution in [2.75, 3.05) is 26.1 Å². The number of halogens is 3. The number of esters is 1. The van der Waals surface area contributed by atoms with E-state index in [-0.39, 0.29) is 6.42 Å². The molecule has 0 aromatic heterocycles. The third-order valence-corrected chi connectivity index (χ3v) is 3.94. The third kappa shape index (κ3) is 6.41. The molecule has 1 amide bonds. The summed E-state index contributed by atoms with van der Waals surface area (Å²) in [5.41, 5.74) is -0.581. The molecule has 0 saturated carbocycles. The summed E-state index contributed by atoms with van der Waals surface area (Å²) in [5, 5.41) is 2.11. The fraction of sp³-hybridized carbons (Fsp3) is 0.300. The summed E-state index contributed by atoms with van der Waals surface area (Å²) in [7, 11) is 3.00. The summed E-state index contributed by atoms with van der Waals surface area (Å²) in [6.07, 6.45) is -4.29. The SMILES string of the molecule is COc1ccc(CCC(=O)OCC(=O)Nc2ccccc2C(F)(F)F)cc1OC. The zero-order chi connectivity index (χ0) is 21.4. The molecule has 0 bridgehead atoms. The number of alkyl halides is 3. The van der Waals surface area contributed by atoms with Crippen LogP contribution < -0.4 is 14.8 Å². The van der Waals surface area contributed by atoms with Gasteiger partial charge in [-0.2, -0.15) is 13.2 Å². The molecule has 0 unspecified atom stereocenters. The first-order valence-corrected chi connectivity index (χ1v) is 8.57. The first-order chi connectivity index (χ1) is 13.7. The number of rotatable bonds is 8. The van der Waals surface area contributed by atoms with Crippen LogP contribution in [0.2, 0.25) is 0 Å². The molecule has 0 saturated heterocycles. The molecule has 9 heteroatoms. The van der Waals surface area contributed by atoms with E-state index in [9.17, 15) is 22.8 Å². The number of amides is 1. The molecule has 0 radical (unpaired) electrons. The molecule has 2 rings (SSSR count). The van der Waals surface area contributed by atoms with Crippen LogP contribution in [-0.2, 0) is 26.9 Å². The molecule has 0 heterocycles. The number of hydrogen-bond acceptors (Lipinski definition) is 5. The lowest BCUT2D eigenvalue weighted by Crippen LogP contribution is -2.22. The predicted octanol–water partition coefficient (Wildman–Crippen LogP) is 3.84. The molecule has 0 spiro atoms. The van der Waals surface area contributed by atoms with E-state index in [1.807, 2.05) is 0 Å². The zero-order valence-electron chi connectivity index (χ0n) is 15.8. The molecule has 156 valence electrons. The number of methoxy groups -OCH3 is 2. The van der Waals surface area contributed by atoms with Crippen molar-refractivity contribution in [3.05, 3.63) is 53.6 Å². The minimum absolute atomic E-state index is 0.0120. The molecule has 0 aliphatic heterocycles. The number of carbonyl (C=O) groups is 2. The summed E-state index contributed by atoms with van der Waals surface area (Å²) in [5.74, 6) is -0.448. The number of hydrogen-bond donors (Lipinski definition) is 1. The van der Waals surface area contributed by atoms with Gasteiger partial charge in [0.25, 0.3) is 5.91 Å². The van der Waals surface area contributed by atoms with E-state index in [1.54, 1.807) is 18.2 Å². The smallest absolute Gasteiger partial charge is 0.418 e. The quantitative estimate of drug-likeness (QED) is 0.669. The van der Waals surface area contributed by atoms with E-state index in [0.717, 1.165) is 17.7 Å². The Morgan fingerprint density at radius 2 is 1.69 bits per heavy atom. The second-order valence-corrected chi connectivity index (χ2v) is 5.94. The lowest BCUT2D eigenvalue weighted by Gasteiger charge is -2.13. The van der Waals surface area contributed by atoms with Crippen molar-refractivity contribution in [3.8, 4) is 11.5 Å². The molecular formula is C20H20F3NO5. The Morgan fingerprint density at radius 1 is 1.00 bits per heavy atom. The highest BCUT2D eigenvalue weighted by Gasteiger charge is 2.33. The Kier molecular flexibility index (Phi) is 7.46. The normalized spacial score (nSPS) is 10.9. The largest absolute Gasteiger partial charge is 0.493 e. The standard InChI is InChI=1S/C20H20F3NO5/c1-27-16-9-7-13(11-17(16)28-2)8-10-19(26)29-12-18(25)24-15-6-4-3-5-14(15)20(21,22)23/h3-7,9,11H,8,10,12H2,1-2H3,(H,24,25). The third-order valence-electron chi connectivity index (χ3n) is 3.94. The van der Waals surface area contributed by atoms with Gasteiger partial charge in [-0.15, -0.1) is 0 Å². The Labute approximate surface area is 165 Å². The van der Waals surface area contributed by atoms with Gasteiger partial charge in [0.05, 0.1) is 25.5 Å². The van der Waals surface area contributed by atoms with Gasteiger partial charge in [0.1, 0.15) is 0 Å². The van der Waals surface area contributed by atoms with Crippen molar-refractivity contribution in [1.29, 1.82) is 0 Å². The van der Waals surface area contributed by atoms with Crippen LogP contribution in [0.15, 0.2) is 42.5 Å². The van der Waals surface area contributed by atoms with Gasteiger partial charge in [0, 0.05) is 6.42 Å². The highest BCUT2D eigenvalue weighted by molar-refractivity contribution is 5.93. The Hall–Kier alpha value is -3.23. The molecule has 1 N–H and O–H groups in total. The van der Waals surface area contributed by atoms with Crippen molar-refractivity contribution in [3.63, 3.8) is 0 Å². The highest BCUT2D eigenvalue weighted by atomic mass is 19.4. The van der Waals surface area contributed by atoms with Crippen LogP contribution in [0.5, 0.6) is 11.5 Å². The molecule has 0 aliphatic carbocycles. The predicted molar refractivity (Wildman–Crippen MR) is 98.9 cm³/mol. The lowest BCUT2D eigenvalue weighted by atomic mass is 10.1. The van der Waals surface area contributed by atoms with Crippen LogP contribution in [-0.4, -0.2) is 32.7 Å². The maximum Gasteiger partial charge on any atom is 0.418 e. The van der Waals surface area contributed by atoms with Crippen molar-refractivity contribution < 1.29 is 37.0 Å². The Morgan fingerprint density at radius 3 is 2.34 bits per heavy atom. The van der Waals surface area contributed by atoms with Gasteiger partial charge in [-0.25, -0.2) is 0 Å². The maximum absolute atomic E-state index is 12.9. The average molecular weight is 411 g/mol. The molecule has 0 fully saturated rings. The van der Waals surface area contributed by atoms with Crippen molar-refractivity contribution in [1.82, 2.24) is 0 Å². The molecule has 29 heavy (non-hydrogen) atoms. The molecule has 0 atom stereocenters. The summed E-state index contributed by atoms with van der Waals surface area (Å²) < 4.78 is 53.9. The summed E-state index contributed by atoms with van der Waals surface area (Å²) in [6, 6.07) is 9.73. The van der Waals surface area contributed by atoms with Crippen molar-refractivity contribution >= 4 is 17.6 Å². The van der Waals surface area contributed by atoms with Gasteiger partial charge in [-0.05, 0) is 36.2 Å². The Balaban J connectivity index is 1.85. The average Bonchev–Trinajstić information content (AvgIpc) is 2.70. The lowest BCUT2D eigenvalue weighted by molar-refractivity contribution is -0.147. The van der Waals surface area contributed by atoms with Crippen LogP contribution in [0, 0.1) is 0 Å². The van der Waals surface area contributed by atoms with Crippen molar-refractivity contribution in [2.45, 2.75) is 19.0 Å². The van der Waals surface area contributed by atoms with E-state index in [0.29, 0.717) is 17.9 Å². The van der Waals surface area contributed by atoms with Crippen LogP contribution in [0.25, 0.3) is 0 Å². The highest BCUT2D eigenvalue weighted by Crippen LogP contribution is 2.34. The number of anilines is 1. The molecule has 6 nitrogen and oxygen atoms in total. The summed E-state index contributed by atoms with van der Waals surface area (Å²) in [4.78, 5) is 23.7. The number of benzene rings is 2. The molecule has 2 aromatic carbocycles. The van der Waals surface area contributed by atoms with Gasteiger partial charge >= 0.3 is 12.1 Å². The molecule has 2 aromatic rings. The monoisotopic (exact) mass is 411 g/mol. The van der Waals surface area contributed by atoms with Crippen LogP contribution in [0.4, 0.5) is 18.9 Å². The first kappa shape index (κ1) is 22.1. The molecular weight excluding hydrogens is 391 g/mol. The van der Waals surface area contributed by atoms with Gasteiger partial charge in [-0.3, -0.25) is 9.59 Å². The maximum atomic E-state index is 12.9. The Bertz CT molecular complexity index is 867. The second kappa shape index (κ2) is 9.81. The number of ether oxygens (including phenoxy) is 3. The van der Waals surface area contributed by atoms with Crippen LogP contribution in [0.3, 0.4) is 0 Å². The van der Waals surface area contributed by atoms with E-state index < -0.39 is 35.9 Å². The number of aryl methyl sites for hydroxylation is 1. The minimum Gasteiger partial charge on any atom is -0.493 e. The number of nitrogens with one attached hydrogen (secondary N) is 1. The van der Waals surface area contributed by atoms with E-state index in [1.165, 1.54) is 26.4 Å². The van der Waals surface area contributed by atoms with E-state index in [2.05, 4.69) is 5.32 Å². The van der Waals surface area contributed by atoms with Crippen LogP contribution in [0.1, 0.15) is 17.5 Å². The van der Waals surface area contributed by atoms with E-state index in [4.69, 9.17) is 14.2 Å². The van der Waals surface area contributed by atoms with Crippen LogP contribution >= 0.6 is 0 Å².